The average Bonchev–Trinajstić information content (AvgIpc) is 2.69. The topological polar surface area (TPSA) is 53.0 Å². The first kappa shape index (κ1) is 15.0. The van der Waals surface area contributed by atoms with Crippen LogP contribution in [0.25, 0.3) is 0 Å². The van der Waals surface area contributed by atoms with Crippen LogP contribution in [-0.4, -0.2) is 62.6 Å². The predicted octanol–water partition coefficient (Wildman–Crippen LogP) is 0.178. The van der Waals surface area contributed by atoms with Crippen molar-refractivity contribution in [3.05, 3.63) is 40.6 Å². The number of piperazine rings is 1. The van der Waals surface area contributed by atoms with Crippen LogP contribution in [0.5, 0.6) is 0 Å². The predicted molar refractivity (Wildman–Crippen MR) is 79.3 cm³/mol. The number of rotatable bonds is 6. The van der Waals surface area contributed by atoms with Gasteiger partial charge in [0.05, 0.1) is 25.5 Å². The molecule has 1 saturated heterocycles. The molecule has 5 heteroatoms. The quantitative estimate of drug-likeness (QED) is 0.752. The van der Waals surface area contributed by atoms with Crippen molar-refractivity contribution in [3.8, 4) is 0 Å². The second-order valence-electron chi connectivity index (χ2n) is 4.82. The van der Waals surface area contributed by atoms with Crippen LogP contribution in [0.3, 0.4) is 0 Å². The van der Waals surface area contributed by atoms with E-state index in [1.165, 1.54) is 0 Å². The van der Waals surface area contributed by atoms with Gasteiger partial charge in [-0.2, -0.15) is 0 Å². The molecule has 0 atom stereocenters. The SMILES string of the molecule is O=c1cccccc1N1CCN(CCOCCO)CC1. The molecule has 1 fully saturated rings. The summed E-state index contributed by atoms with van der Waals surface area (Å²) in [6.45, 7) is 5.58. The molecule has 0 radical (unpaired) electrons. The Morgan fingerprint density at radius 1 is 1.05 bits per heavy atom. The van der Waals surface area contributed by atoms with Crippen LogP contribution in [0.2, 0.25) is 0 Å². The Kier molecular flexibility index (Phi) is 5.98. The number of nitrogens with zero attached hydrogens (tertiary/aromatic N) is 2. The molecule has 1 N–H and O–H groups in total. The summed E-state index contributed by atoms with van der Waals surface area (Å²) >= 11 is 0. The summed E-state index contributed by atoms with van der Waals surface area (Å²) < 4.78 is 5.27. The van der Waals surface area contributed by atoms with Gasteiger partial charge in [-0.05, 0) is 12.1 Å². The molecule has 0 unspecified atom stereocenters. The molecule has 0 spiro atoms. The first-order chi connectivity index (χ1) is 9.81. The monoisotopic (exact) mass is 278 g/mol. The summed E-state index contributed by atoms with van der Waals surface area (Å²) in [7, 11) is 0. The van der Waals surface area contributed by atoms with Gasteiger partial charge in [0.2, 0.25) is 5.43 Å². The van der Waals surface area contributed by atoms with Crippen LogP contribution >= 0.6 is 0 Å². The van der Waals surface area contributed by atoms with E-state index >= 15 is 0 Å². The van der Waals surface area contributed by atoms with Crippen LogP contribution in [-0.2, 0) is 4.74 Å². The molecule has 1 aromatic rings. The van der Waals surface area contributed by atoms with Crippen molar-refractivity contribution in [2.24, 2.45) is 0 Å². The first-order valence-corrected chi connectivity index (χ1v) is 7.06. The van der Waals surface area contributed by atoms with Gasteiger partial charge in [0.1, 0.15) is 0 Å². The van der Waals surface area contributed by atoms with Crippen molar-refractivity contribution in [3.63, 3.8) is 0 Å². The van der Waals surface area contributed by atoms with E-state index in [2.05, 4.69) is 9.80 Å². The third-order valence-corrected chi connectivity index (χ3v) is 3.48. The second-order valence-corrected chi connectivity index (χ2v) is 4.82. The van der Waals surface area contributed by atoms with Gasteiger partial charge in [-0.1, -0.05) is 18.2 Å². The number of ether oxygens (including phenoxy) is 1. The highest BCUT2D eigenvalue weighted by atomic mass is 16.5. The molecule has 5 nitrogen and oxygen atoms in total. The summed E-state index contributed by atoms with van der Waals surface area (Å²) in [6, 6.07) is 9.07. The molecule has 1 aromatic carbocycles. The standard InChI is InChI=1S/C15H22N2O3/c18-11-13-20-12-10-16-6-8-17(9-7-16)14-4-2-1-3-5-15(14)19/h1-5,18H,6-13H2. The Morgan fingerprint density at radius 3 is 2.55 bits per heavy atom. The lowest BCUT2D eigenvalue weighted by Crippen LogP contribution is -2.48. The molecule has 20 heavy (non-hydrogen) atoms. The number of hydrogen-bond acceptors (Lipinski definition) is 5. The van der Waals surface area contributed by atoms with Crippen molar-refractivity contribution in [1.82, 2.24) is 4.90 Å². The van der Waals surface area contributed by atoms with E-state index in [0.717, 1.165) is 38.4 Å². The summed E-state index contributed by atoms with van der Waals surface area (Å²) in [6.07, 6.45) is 0. The van der Waals surface area contributed by atoms with E-state index in [0.29, 0.717) is 13.2 Å². The van der Waals surface area contributed by atoms with Gasteiger partial charge in [-0.3, -0.25) is 9.69 Å². The van der Waals surface area contributed by atoms with Crippen molar-refractivity contribution < 1.29 is 9.84 Å². The Bertz CT molecular complexity index is 459. The summed E-state index contributed by atoms with van der Waals surface area (Å²) in [5, 5.41) is 8.64. The molecule has 0 aromatic heterocycles. The van der Waals surface area contributed by atoms with Crippen LogP contribution in [0.4, 0.5) is 5.69 Å². The van der Waals surface area contributed by atoms with Crippen LogP contribution in [0.1, 0.15) is 0 Å². The zero-order chi connectivity index (χ0) is 14.2. The summed E-state index contributed by atoms with van der Waals surface area (Å²) in [4.78, 5) is 16.4. The fourth-order valence-electron chi connectivity index (χ4n) is 2.36. The fourth-order valence-corrected chi connectivity index (χ4v) is 2.36. The molecule has 0 saturated carbocycles. The Hall–Kier alpha value is -1.43. The number of hydrogen-bond donors (Lipinski definition) is 1. The van der Waals surface area contributed by atoms with Crippen molar-refractivity contribution >= 4 is 5.69 Å². The van der Waals surface area contributed by atoms with Crippen LogP contribution in [0, 0.1) is 0 Å². The molecular weight excluding hydrogens is 256 g/mol. The van der Waals surface area contributed by atoms with Gasteiger partial charge in [0, 0.05) is 32.7 Å². The highest BCUT2D eigenvalue weighted by molar-refractivity contribution is 5.45. The van der Waals surface area contributed by atoms with E-state index in [9.17, 15) is 4.79 Å². The maximum absolute atomic E-state index is 11.9. The van der Waals surface area contributed by atoms with Gasteiger partial charge in [-0.15, -0.1) is 0 Å². The largest absolute Gasteiger partial charge is 0.394 e. The van der Waals surface area contributed by atoms with Gasteiger partial charge in [-0.25, -0.2) is 0 Å². The van der Waals surface area contributed by atoms with E-state index in [4.69, 9.17) is 9.84 Å². The molecule has 0 aliphatic carbocycles. The van der Waals surface area contributed by atoms with E-state index < -0.39 is 0 Å². The van der Waals surface area contributed by atoms with Crippen LogP contribution in [0.15, 0.2) is 35.1 Å². The maximum atomic E-state index is 11.9. The Balaban J connectivity index is 1.82. The average molecular weight is 278 g/mol. The van der Waals surface area contributed by atoms with Crippen LogP contribution < -0.4 is 10.3 Å². The molecular formula is C15H22N2O3. The number of anilines is 1. The third kappa shape index (κ3) is 4.30. The smallest absolute Gasteiger partial charge is 0.201 e. The fraction of sp³-hybridized carbons (Fsp3) is 0.533. The normalized spacial score (nSPS) is 16.4. The molecule has 1 aliphatic rings. The van der Waals surface area contributed by atoms with Gasteiger partial charge in [0.25, 0.3) is 0 Å². The molecule has 0 amide bonds. The lowest BCUT2D eigenvalue weighted by molar-refractivity contribution is 0.0724. The van der Waals surface area contributed by atoms with E-state index in [-0.39, 0.29) is 12.0 Å². The lowest BCUT2D eigenvalue weighted by atomic mass is 10.2. The van der Waals surface area contributed by atoms with Crippen molar-refractivity contribution in [1.29, 1.82) is 0 Å². The molecule has 1 heterocycles. The summed E-state index contributed by atoms with van der Waals surface area (Å²) in [5.74, 6) is 0. The van der Waals surface area contributed by atoms with E-state index in [1.807, 2.05) is 18.2 Å². The first-order valence-electron chi connectivity index (χ1n) is 7.06. The minimum absolute atomic E-state index is 0.0745. The Morgan fingerprint density at radius 2 is 1.80 bits per heavy atom. The minimum atomic E-state index is 0.0745. The maximum Gasteiger partial charge on any atom is 0.201 e. The van der Waals surface area contributed by atoms with Crippen molar-refractivity contribution in [2.45, 2.75) is 0 Å². The summed E-state index contributed by atoms with van der Waals surface area (Å²) in [5.41, 5.74) is 0.862. The van der Waals surface area contributed by atoms with Gasteiger partial charge < -0.3 is 14.7 Å². The molecule has 1 aliphatic heterocycles. The third-order valence-electron chi connectivity index (χ3n) is 3.48. The Labute approximate surface area is 119 Å². The number of aliphatic hydroxyl groups is 1. The number of aliphatic hydroxyl groups excluding tert-OH is 1. The van der Waals surface area contributed by atoms with Crippen molar-refractivity contribution in [2.75, 3.05) is 57.4 Å². The lowest BCUT2D eigenvalue weighted by Gasteiger charge is -2.35. The zero-order valence-corrected chi connectivity index (χ0v) is 11.7. The van der Waals surface area contributed by atoms with E-state index in [1.54, 1.807) is 12.1 Å². The van der Waals surface area contributed by atoms with Gasteiger partial charge >= 0.3 is 0 Å². The highest BCUT2D eigenvalue weighted by Gasteiger charge is 2.17. The van der Waals surface area contributed by atoms with Gasteiger partial charge in [0.15, 0.2) is 0 Å². The highest BCUT2D eigenvalue weighted by Crippen LogP contribution is 2.10. The molecule has 110 valence electrons. The minimum Gasteiger partial charge on any atom is -0.394 e. The molecule has 2 rings (SSSR count). The molecule has 0 bridgehead atoms. The second kappa shape index (κ2) is 7.99. The zero-order valence-electron chi connectivity index (χ0n) is 11.7.